The first-order chi connectivity index (χ1) is 12.1. The van der Waals surface area contributed by atoms with Crippen molar-refractivity contribution in [3.63, 3.8) is 0 Å². The van der Waals surface area contributed by atoms with Crippen LogP contribution < -0.4 is 4.74 Å². The van der Waals surface area contributed by atoms with Crippen LogP contribution in [0.15, 0.2) is 42.5 Å². The van der Waals surface area contributed by atoms with Gasteiger partial charge < -0.3 is 4.74 Å². The van der Waals surface area contributed by atoms with Crippen molar-refractivity contribution in [2.45, 2.75) is 6.61 Å². The van der Waals surface area contributed by atoms with Crippen molar-refractivity contribution in [3.05, 3.63) is 64.2 Å². The molecule has 0 aliphatic heterocycles. The van der Waals surface area contributed by atoms with E-state index in [2.05, 4.69) is 15.3 Å². The van der Waals surface area contributed by atoms with Crippen LogP contribution in [0.4, 0.5) is 4.39 Å². The lowest BCUT2D eigenvalue weighted by Crippen LogP contribution is -2.02. The summed E-state index contributed by atoms with van der Waals surface area (Å²) < 4.78 is 20.3. The Morgan fingerprint density at radius 2 is 1.88 bits per heavy atom. The Hall–Kier alpha value is -2.22. The van der Waals surface area contributed by atoms with Gasteiger partial charge in [-0.25, -0.2) is 4.39 Å². The van der Waals surface area contributed by atoms with Gasteiger partial charge in [-0.3, -0.25) is 0 Å². The van der Waals surface area contributed by atoms with E-state index in [1.807, 2.05) is 0 Å². The zero-order valence-corrected chi connectivity index (χ0v) is 14.8. The number of benzene rings is 2. The van der Waals surface area contributed by atoms with Crippen LogP contribution in [0, 0.1) is 5.82 Å². The minimum Gasteiger partial charge on any atom is -0.484 e. The van der Waals surface area contributed by atoms with Crippen LogP contribution >= 0.6 is 34.5 Å². The molecule has 0 N–H and O–H groups in total. The summed E-state index contributed by atoms with van der Waals surface area (Å²) in [5.74, 6) is 0.739. The summed E-state index contributed by atoms with van der Waals surface area (Å²) in [6.45, 7) is 0.148. The molecule has 9 heteroatoms. The molecule has 126 valence electrons. The summed E-state index contributed by atoms with van der Waals surface area (Å²) in [4.78, 5) is 0.625. The van der Waals surface area contributed by atoms with Gasteiger partial charge in [-0.1, -0.05) is 34.5 Å². The van der Waals surface area contributed by atoms with Gasteiger partial charge in [-0.05, 0) is 42.5 Å². The third-order valence-corrected chi connectivity index (χ3v) is 4.88. The molecule has 0 atom stereocenters. The molecule has 2 heterocycles. The molecule has 0 radical (unpaired) electrons. The van der Waals surface area contributed by atoms with E-state index in [-0.39, 0.29) is 12.4 Å². The van der Waals surface area contributed by atoms with Crippen LogP contribution in [0.2, 0.25) is 10.0 Å². The lowest BCUT2D eigenvalue weighted by molar-refractivity contribution is 0.293. The van der Waals surface area contributed by atoms with E-state index in [4.69, 9.17) is 27.9 Å². The highest BCUT2D eigenvalue weighted by molar-refractivity contribution is 7.19. The van der Waals surface area contributed by atoms with E-state index in [0.717, 1.165) is 10.6 Å². The van der Waals surface area contributed by atoms with E-state index in [0.29, 0.717) is 26.6 Å². The molecule has 0 aliphatic carbocycles. The van der Waals surface area contributed by atoms with Gasteiger partial charge in [0.1, 0.15) is 23.2 Å². The molecule has 25 heavy (non-hydrogen) atoms. The minimum atomic E-state index is -0.291. The van der Waals surface area contributed by atoms with E-state index in [9.17, 15) is 4.39 Å². The van der Waals surface area contributed by atoms with Gasteiger partial charge in [0, 0.05) is 10.6 Å². The van der Waals surface area contributed by atoms with Crippen molar-refractivity contribution in [2.75, 3.05) is 0 Å². The van der Waals surface area contributed by atoms with Gasteiger partial charge in [0.25, 0.3) is 0 Å². The molecule has 0 unspecified atom stereocenters. The molecule has 0 saturated carbocycles. The van der Waals surface area contributed by atoms with Crippen molar-refractivity contribution in [1.29, 1.82) is 0 Å². The standard InChI is InChI=1S/C16H9Cl2FN4OS/c17-10-3-6-13(12(18)7-10)24-8-14-20-21-16-23(14)22-15(25-16)9-1-4-11(19)5-2-9/h1-7H,8H2. The van der Waals surface area contributed by atoms with Gasteiger partial charge in [0.15, 0.2) is 5.82 Å². The smallest absolute Gasteiger partial charge is 0.235 e. The van der Waals surface area contributed by atoms with Crippen LogP contribution in [0.25, 0.3) is 15.5 Å². The number of fused-ring (bicyclic) bond motifs is 1. The van der Waals surface area contributed by atoms with E-state index < -0.39 is 0 Å². The monoisotopic (exact) mass is 394 g/mol. The second-order valence-electron chi connectivity index (χ2n) is 5.09. The van der Waals surface area contributed by atoms with Crippen LogP contribution in [-0.2, 0) is 6.61 Å². The maximum atomic E-state index is 13.0. The Kier molecular flexibility index (Phi) is 4.29. The number of ether oxygens (including phenoxy) is 1. The SMILES string of the molecule is Fc1ccc(-c2nn3c(COc4ccc(Cl)cc4Cl)nnc3s2)cc1. The number of rotatable bonds is 4. The highest BCUT2D eigenvalue weighted by Gasteiger charge is 2.14. The predicted molar refractivity (Wildman–Crippen MR) is 94.8 cm³/mol. The van der Waals surface area contributed by atoms with Gasteiger partial charge in [0.05, 0.1) is 5.02 Å². The number of hydrogen-bond donors (Lipinski definition) is 0. The number of halogens is 3. The number of nitrogens with zero attached hydrogens (tertiary/aromatic N) is 4. The molecule has 0 bridgehead atoms. The highest BCUT2D eigenvalue weighted by Crippen LogP contribution is 2.29. The zero-order chi connectivity index (χ0) is 17.4. The molecule has 2 aromatic carbocycles. The summed E-state index contributed by atoms with van der Waals surface area (Å²) in [6, 6.07) is 11.1. The van der Waals surface area contributed by atoms with E-state index in [1.165, 1.54) is 23.5 Å². The predicted octanol–water partition coefficient (Wildman–Crippen LogP) is 4.88. The van der Waals surface area contributed by atoms with Crippen LogP contribution in [-0.4, -0.2) is 19.8 Å². The Bertz CT molecular complexity index is 1050. The Labute approximate surface area is 155 Å². The van der Waals surface area contributed by atoms with Crippen molar-refractivity contribution >= 4 is 39.5 Å². The van der Waals surface area contributed by atoms with Gasteiger partial charge in [0.2, 0.25) is 4.96 Å². The zero-order valence-electron chi connectivity index (χ0n) is 12.5. The topological polar surface area (TPSA) is 52.3 Å². The van der Waals surface area contributed by atoms with E-state index in [1.54, 1.807) is 34.8 Å². The Balaban J connectivity index is 1.59. The highest BCUT2D eigenvalue weighted by atomic mass is 35.5. The second-order valence-corrected chi connectivity index (χ2v) is 6.89. The molecule has 0 aliphatic rings. The molecular formula is C16H9Cl2FN4OS. The average molecular weight is 395 g/mol. The maximum Gasteiger partial charge on any atom is 0.235 e. The molecule has 4 rings (SSSR count). The van der Waals surface area contributed by atoms with Crippen molar-refractivity contribution in [2.24, 2.45) is 0 Å². The first kappa shape index (κ1) is 16.3. The maximum absolute atomic E-state index is 13.0. The molecule has 4 aromatic rings. The second kappa shape index (κ2) is 6.59. The fourth-order valence-electron chi connectivity index (χ4n) is 2.19. The molecule has 2 aromatic heterocycles. The average Bonchev–Trinajstić information content (AvgIpc) is 3.16. The quantitative estimate of drug-likeness (QED) is 0.494. The fourth-order valence-corrected chi connectivity index (χ4v) is 3.52. The third kappa shape index (κ3) is 3.30. The van der Waals surface area contributed by atoms with Crippen molar-refractivity contribution in [1.82, 2.24) is 19.8 Å². The molecule has 0 fully saturated rings. The molecule has 0 spiro atoms. The first-order valence-electron chi connectivity index (χ1n) is 7.15. The minimum absolute atomic E-state index is 0.148. The lowest BCUT2D eigenvalue weighted by atomic mass is 10.2. The fraction of sp³-hybridized carbons (Fsp3) is 0.0625. The summed E-state index contributed by atoms with van der Waals surface area (Å²) >= 11 is 13.3. The van der Waals surface area contributed by atoms with Gasteiger partial charge in [-0.2, -0.15) is 9.61 Å². The van der Waals surface area contributed by atoms with Crippen LogP contribution in [0.5, 0.6) is 5.75 Å². The third-order valence-electron chi connectivity index (χ3n) is 3.40. The van der Waals surface area contributed by atoms with Crippen LogP contribution in [0.1, 0.15) is 5.82 Å². The Morgan fingerprint density at radius 1 is 1.08 bits per heavy atom. The largest absolute Gasteiger partial charge is 0.484 e. The Morgan fingerprint density at radius 3 is 2.64 bits per heavy atom. The summed E-state index contributed by atoms with van der Waals surface area (Å²) in [7, 11) is 0. The number of aromatic nitrogens is 4. The normalized spacial score (nSPS) is 11.2. The van der Waals surface area contributed by atoms with Crippen molar-refractivity contribution < 1.29 is 9.13 Å². The van der Waals surface area contributed by atoms with Gasteiger partial charge >= 0.3 is 0 Å². The van der Waals surface area contributed by atoms with Crippen LogP contribution in [0.3, 0.4) is 0 Å². The van der Waals surface area contributed by atoms with Crippen molar-refractivity contribution in [3.8, 4) is 16.3 Å². The molecule has 5 nitrogen and oxygen atoms in total. The van der Waals surface area contributed by atoms with E-state index >= 15 is 0 Å². The lowest BCUT2D eigenvalue weighted by Gasteiger charge is -2.06. The first-order valence-corrected chi connectivity index (χ1v) is 8.72. The number of hydrogen-bond acceptors (Lipinski definition) is 5. The summed E-state index contributed by atoms with van der Waals surface area (Å²) in [5.41, 5.74) is 0.810. The molecule has 0 amide bonds. The summed E-state index contributed by atoms with van der Waals surface area (Å²) in [6.07, 6.45) is 0. The molecular weight excluding hydrogens is 386 g/mol. The summed E-state index contributed by atoms with van der Waals surface area (Å²) in [5, 5.41) is 14.3. The van der Waals surface area contributed by atoms with Gasteiger partial charge in [-0.15, -0.1) is 10.2 Å². The molecule has 0 saturated heterocycles.